The standard InChI is InChI=1S/C31H28N6O4S2/c1-18-5-3-6-19(2)28(18)24-15-27-35-31(34-24)36-43(39,40)23-8-4-7-21(13-23)30(38)37(11-12-41-27)17-22-16-32-29-25(33-22)14-26(42-29)20-9-10-20/h3-8,13-16,20H,9-12,17H2,1-2H3,(H,34,35,36). The van der Waals surface area contributed by atoms with E-state index in [1.165, 1.54) is 29.9 Å². The molecule has 2 aliphatic rings. The van der Waals surface area contributed by atoms with E-state index in [1.54, 1.807) is 40.6 Å². The van der Waals surface area contributed by atoms with Crippen LogP contribution in [-0.2, 0) is 16.6 Å². The molecule has 5 aromatic rings. The third-order valence-corrected chi connectivity index (χ3v) is 10.1. The normalized spacial score (nSPS) is 16.5. The molecule has 1 amide bonds. The predicted octanol–water partition coefficient (Wildman–Crippen LogP) is 5.48. The molecule has 10 nitrogen and oxygen atoms in total. The first-order chi connectivity index (χ1) is 20.7. The SMILES string of the molecule is Cc1cccc(C)c1-c1cc2nc(n1)NS(=O)(=O)c1cccc(c1)C(=O)N(Cc1cnc3sc(C4CC4)cc3n1)CCO2. The smallest absolute Gasteiger partial charge is 0.264 e. The molecule has 2 aromatic carbocycles. The number of hydrogen-bond acceptors (Lipinski definition) is 9. The van der Waals surface area contributed by atoms with Gasteiger partial charge in [-0.1, -0.05) is 24.3 Å². The fourth-order valence-corrected chi connectivity index (χ4v) is 7.38. The van der Waals surface area contributed by atoms with Crippen LogP contribution in [0.4, 0.5) is 5.95 Å². The van der Waals surface area contributed by atoms with E-state index in [4.69, 9.17) is 9.72 Å². The van der Waals surface area contributed by atoms with Crippen molar-refractivity contribution < 1.29 is 17.9 Å². The summed E-state index contributed by atoms with van der Waals surface area (Å²) >= 11 is 1.67. The van der Waals surface area contributed by atoms with E-state index in [2.05, 4.69) is 25.7 Å². The highest BCUT2D eigenvalue weighted by molar-refractivity contribution is 7.92. The van der Waals surface area contributed by atoms with Crippen LogP contribution >= 0.6 is 11.3 Å². The third kappa shape index (κ3) is 5.55. The van der Waals surface area contributed by atoms with Crippen molar-refractivity contribution in [3.63, 3.8) is 0 Å². The number of rotatable bonds is 4. The largest absolute Gasteiger partial charge is 0.476 e. The maximum absolute atomic E-state index is 13.8. The van der Waals surface area contributed by atoms with Crippen molar-refractivity contribution in [3.8, 4) is 17.1 Å². The number of benzene rings is 2. The average Bonchev–Trinajstić information content (AvgIpc) is 3.74. The van der Waals surface area contributed by atoms with Gasteiger partial charge in [-0.05, 0) is 68.0 Å². The molecule has 12 heteroatoms. The quantitative estimate of drug-likeness (QED) is 0.283. The molecule has 0 radical (unpaired) electrons. The van der Waals surface area contributed by atoms with Gasteiger partial charge in [0.1, 0.15) is 17.0 Å². The summed E-state index contributed by atoms with van der Waals surface area (Å²) in [6.07, 6.45) is 4.10. The van der Waals surface area contributed by atoms with Crippen molar-refractivity contribution >= 4 is 43.6 Å². The molecule has 43 heavy (non-hydrogen) atoms. The Kier molecular flexibility index (Phi) is 6.82. The van der Waals surface area contributed by atoms with E-state index < -0.39 is 10.0 Å². The van der Waals surface area contributed by atoms with Gasteiger partial charge in [0.25, 0.3) is 15.9 Å². The lowest BCUT2D eigenvalue weighted by Gasteiger charge is -2.22. The van der Waals surface area contributed by atoms with E-state index in [-0.39, 0.29) is 47.9 Å². The monoisotopic (exact) mass is 612 g/mol. The van der Waals surface area contributed by atoms with Crippen LogP contribution in [0.3, 0.4) is 0 Å². The van der Waals surface area contributed by atoms with Gasteiger partial charge in [0.05, 0.1) is 35.6 Å². The highest BCUT2D eigenvalue weighted by Crippen LogP contribution is 2.44. The van der Waals surface area contributed by atoms with Crippen molar-refractivity contribution in [3.05, 3.63) is 88.1 Å². The second kappa shape index (κ2) is 10.7. The summed E-state index contributed by atoms with van der Waals surface area (Å²) in [5, 5.41) is 0. The van der Waals surface area contributed by atoms with E-state index >= 15 is 0 Å². The van der Waals surface area contributed by atoms with Crippen LogP contribution in [0.1, 0.15) is 50.8 Å². The fourth-order valence-electron chi connectivity index (χ4n) is 5.28. The molecule has 1 saturated carbocycles. The highest BCUT2D eigenvalue weighted by atomic mass is 32.2. The summed E-state index contributed by atoms with van der Waals surface area (Å²) in [6.45, 7) is 4.43. The second-order valence-electron chi connectivity index (χ2n) is 10.9. The highest BCUT2D eigenvalue weighted by Gasteiger charge is 2.27. The van der Waals surface area contributed by atoms with Gasteiger partial charge in [-0.15, -0.1) is 11.3 Å². The zero-order chi connectivity index (χ0) is 29.7. The Bertz CT molecular complexity index is 1980. The van der Waals surface area contributed by atoms with Gasteiger partial charge in [0.15, 0.2) is 0 Å². The van der Waals surface area contributed by atoms with E-state index in [1.807, 2.05) is 32.0 Å². The number of sulfonamides is 1. The number of carbonyl (C=O) groups is 1. The Hall–Kier alpha value is -4.42. The Balaban J connectivity index is 1.26. The van der Waals surface area contributed by atoms with E-state index in [0.717, 1.165) is 27.0 Å². The molecule has 0 spiro atoms. The van der Waals surface area contributed by atoms with Gasteiger partial charge in [-0.2, -0.15) is 4.98 Å². The molecule has 0 saturated heterocycles. The van der Waals surface area contributed by atoms with Gasteiger partial charge >= 0.3 is 0 Å². The molecule has 1 aliphatic heterocycles. The lowest BCUT2D eigenvalue weighted by Crippen LogP contribution is -2.34. The maximum Gasteiger partial charge on any atom is 0.264 e. The summed E-state index contributed by atoms with van der Waals surface area (Å²) in [5.74, 6) is 0.335. The number of thiophene rings is 1. The van der Waals surface area contributed by atoms with Crippen LogP contribution in [0.15, 0.2) is 65.7 Å². The zero-order valence-electron chi connectivity index (χ0n) is 23.6. The second-order valence-corrected chi connectivity index (χ2v) is 13.6. The first kappa shape index (κ1) is 27.4. The Morgan fingerprint density at radius 3 is 2.60 bits per heavy atom. The van der Waals surface area contributed by atoms with Gasteiger partial charge in [-0.25, -0.2) is 28.1 Å². The van der Waals surface area contributed by atoms with E-state index in [9.17, 15) is 13.2 Å². The number of nitrogens with one attached hydrogen (secondary N) is 1. The molecule has 1 aliphatic carbocycles. The Labute approximate surface area is 252 Å². The van der Waals surface area contributed by atoms with Crippen molar-refractivity contribution in [2.75, 3.05) is 17.9 Å². The minimum absolute atomic E-state index is 0.0758. The molecule has 1 fully saturated rings. The van der Waals surface area contributed by atoms with Crippen LogP contribution in [0.5, 0.6) is 5.88 Å². The van der Waals surface area contributed by atoms with E-state index in [0.29, 0.717) is 17.3 Å². The van der Waals surface area contributed by atoms with Gasteiger partial charge < -0.3 is 9.64 Å². The average molecular weight is 613 g/mol. The summed E-state index contributed by atoms with van der Waals surface area (Å²) in [6, 6.07) is 15.6. The molecule has 4 heterocycles. The number of aromatic nitrogens is 4. The van der Waals surface area contributed by atoms with Crippen LogP contribution in [0.25, 0.3) is 21.6 Å². The van der Waals surface area contributed by atoms with Gasteiger partial charge in [0, 0.05) is 22.1 Å². The molecule has 0 atom stereocenters. The molecular weight excluding hydrogens is 585 g/mol. The number of anilines is 1. The molecule has 0 unspecified atom stereocenters. The van der Waals surface area contributed by atoms with Crippen LogP contribution in [0.2, 0.25) is 0 Å². The molecule has 3 aromatic heterocycles. The van der Waals surface area contributed by atoms with Gasteiger partial charge in [-0.3, -0.25) is 4.79 Å². The maximum atomic E-state index is 13.8. The number of amides is 1. The number of fused-ring (bicyclic) bond motifs is 5. The topological polar surface area (TPSA) is 127 Å². The number of aryl methyl sites for hydroxylation is 2. The lowest BCUT2D eigenvalue weighted by molar-refractivity contribution is 0.0712. The van der Waals surface area contributed by atoms with Crippen molar-refractivity contribution in [2.45, 2.75) is 44.0 Å². The fraction of sp³-hybridized carbons (Fsp3) is 0.258. The zero-order valence-corrected chi connectivity index (χ0v) is 25.2. The Morgan fingerprint density at radius 2 is 1.81 bits per heavy atom. The first-order valence-electron chi connectivity index (χ1n) is 14.0. The van der Waals surface area contributed by atoms with Crippen LogP contribution < -0.4 is 9.46 Å². The predicted molar refractivity (Wildman–Crippen MR) is 164 cm³/mol. The number of carbonyl (C=O) groups excluding carboxylic acids is 1. The molecule has 7 rings (SSSR count). The molecule has 4 bridgehead atoms. The lowest BCUT2D eigenvalue weighted by atomic mass is 10.00. The van der Waals surface area contributed by atoms with Crippen molar-refractivity contribution in [1.82, 2.24) is 24.8 Å². The number of ether oxygens (including phenoxy) is 1. The van der Waals surface area contributed by atoms with Crippen molar-refractivity contribution in [1.29, 1.82) is 0 Å². The summed E-state index contributed by atoms with van der Waals surface area (Å²) in [7, 11) is -4.12. The molecular formula is C31H28N6O4S2. The van der Waals surface area contributed by atoms with Crippen molar-refractivity contribution in [2.24, 2.45) is 0 Å². The van der Waals surface area contributed by atoms with Gasteiger partial charge in [0.2, 0.25) is 11.8 Å². The summed E-state index contributed by atoms with van der Waals surface area (Å²) in [4.78, 5) is 35.8. The molecule has 1 N–H and O–H groups in total. The summed E-state index contributed by atoms with van der Waals surface area (Å²) < 4.78 is 35.4. The minimum Gasteiger partial charge on any atom is -0.476 e. The Morgan fingerprint density at radius 1 is 1.02 bits per heavy atom. The summed E-state index contributed by atoms with van der Waals surface area (Å²) in [5.41, 5.74) is 5.04. The first-order valence-corrected chi connectivity index (χ1v) is 16.3. The minimum atomic E-state index is -4.12. The third-order valence-electron chi connectivity index (χ3n) is 7.60. The molecule has 218 valence electrons. The van der Waals surface area contributed by atoms with Crippen LogP contribution in [-0.4, -0.2) is 52.3 Å². The number of hydrogen-bond donors (Lipinski definition) is 1. The number of nitrogens with zero attached hydrogens (tertiary/aromatic N) is 5. The van der Waals surface area contributed by atoms with Crippen LogP contribution in [0, 0.1) is 13.8 Å².